The summed E-state index contributed by atoms with van der Waals surface area (Å²) in [6.45, 7) is 0. The van der Waals surface area contributed by atoms with Crippen LogP contribution in [-0.4, -0.2) is 46.6 Å². The maximum Gasteiger partial charge on any atom is 0.204 e. The Labute approximate surface area is 116 Å². The number of sulfone groups is 1. The molecule has 3 rings (SSSR count). The molecule has 0 spiro atoms. The summed E-state index contributed by atoms with van der Waals surface area (Å²) in [7, 11) is -2.91. The molecule has 8 heteroatoms. The smallest absolute Gasteiger partial charge is 0.204 e. The summed E-state index contributed by atoms with van der Waals surface area (Å²) in [6, 6.07) is 7.53. The Kier molecular flexibility index (Phi) is 3.39. The zero-order valence-electron chi connectivity index (χ0n) is 10.8. The molecule has 2 N–H and O–H groups in total. The Morgan fingerprint density at radius 1 is 1.35 bits per heavy atom. The monoisotopic (exact) mass is 293 g/mol. The van der Waals surface area contributed by atoms with E-state index in [4.69, 9.17) is 0 Å². The normalized spacial score (nSPS) is 21.5. The first-order valence-electron chi connectivity index (χ1n) is 6.43. The first-order valence-corrected chi connectivity index (χ1v) is 8.25. The lowest BCUT2D eigenvalue weighted by atomic mass is 10.1. The van der Waals surface area contributed by atoms with E-state index in [-0.39, 0.29) is 11.8 Å². The predicted molar refractivity (Wildman–Crippen MR) is 74.9 cm³/mol. The quantitative estimate of drug-likeness (QED) is 0.870. The summed E-state index contributed by atoms with van der Waals surface area (Å²) in [5.41, 5.74) is 1.71. The summed E-state index contributed by atoms with van der Waals surface area (Å²) >= 11 is 0. The maximum absolute atomic E-state index is 11.6. The molecule has 0 aliphatic carbocycles. The number of tetrazole rings is 1. The largest absolute Gasteiger partial charge is 0.381 e. The molecular weight excluding hydrogens is 278 g/mol. The van der Waals surface area contributed by atoms with Gasteiger partial charge in [-0.05, 0) is 30.2 Å². The van der Waals surface area contributed by atoms with Crippen LogP contribution >= 0.6 is 0 Å². The molecule has 1 atom stereocenters. The van der Waals surface area contributed by atoms with E-state index in [9.17, 15) is 8.42 Å². The highest BCUT2D eigenvalue weighted by atomic mass is 32.2. The Balaban J connectivity index is 1.76. The van der Waals surface area contributed by atoms with E-state index in [2.05, 4.69) is 25.9 Å². The molecule has 2 heterocycles. The highest BCUT2D eigenvalue weighted by molar-refractivity contribution is 7.91. The van der Waals surface area contributed by atoms with Gasteiger partial charge in [0.1, 0.15) is 0 Å². The van der Waals surface area contributed by atoms with Gasteiger partial charge in [-0.25, -0.2) is 8.42 Å². The number of aromatic amines is 1. The topological polar surface area (TPSA) is 101 Å². The van der Waals surface area contributed by atoms with Crippen LogP contribution in [0.4, 0.5) is 5.69 Å². The van der Waals surface area contributed by atoms with Gasteiger partial charge >= 0.3 is 0 Å². The van der Waals surface area contributed by atoms with Crippen LogP contribution in [0.25, 0.3) is 11.4 Å². The number of hydrogen-bond acceptors (Lipinski definition) is 6. The summed E-state index contributed by atoms with van der Waals surface area (Å²) in [4.78, 5) is 0. The first-order chi connectivity index (χ1) is 9.62. The minimum absolute atomic E-state index is 0.0331. The third-order valence-corrected chi connectivity index (χ3v) is 5.12. The Morgan fingerprint density at radius 3 is 3.00 bits per heavy atom. The molecule has 7 nitrogen and oxygen atoms in total. The first kappa shape index (κ1) is 13.0. The van der Waals surface area contributed by atoms with Crippen LogP contribution in [0.5, 0.6) is 0 Å². The number of nitrogens with one attached hydrogen (secondary N) is 2. The fourth-order valence-corrected chi connectivity index (χ4v) is 4.04. The maximum atomic E-state index is 11.6. The van der Waals surface area contributed by atoms with Crippen molar-refractivity contribution in [2.45, 2.75) is 18.9 Å². The van der Waals surface area contributed by atoms with Gasteiger partial charge in [0.05, 0.1) is 11.5 Å². The van der Waals surface area contributed by atoms with E-state index in [0.717, 1.165) is 17.7 Å². The second-order valence-corrected chi connectivity index (χ2v) is 7.14. The number of aromatic nitrogens is 4. The van der Waals surface area contributed by atoms with Crippen LogP contribution in [0.2, 0.25) is 0 Å². The molecule has 0 bridgehead atoms. The molecule has 106 valence electrons. The Hall–Kier alpha value is -1.96. The van der Waals surface area contributed by atoms with Gasteiger partial charge in [0.25, 0.3) is 0 Å². The van der Waals surface area contributed by atoms with E-state index in [1.54, 1.807) is 0 Å². The second-order valence-electron chi connectivity index (χ2n) is 4.91. The molecule has 1 aromatic heterocycles. The van der Waals surface area contributed by atoms with E-state index >= 15 is 0 Å². The lowest BCUT2D eigenvalue weighted by Gasteiger charge is -2.24. The molecule has 0 amide bonds. The van der Waals surface area contributed by atoms with Gasteiger partial charge in [0.15, 0.2) is 9.84 Å². The van der Waals surface area contributed by atoms with E-state index in [1.165, 1.54) is 0 Å². The van der Waals surface area contributed by atoms with E-state index in [1.807, 2.05) is 24.3 Å². The van der Waals surface area contributed by atoms with Crippen molar-refractivity contribution in [1.82, 2.24) is 20.6 Å². The summed E-state index contributed by atoms with van der Waals surface area (Å²) in [5.74, 6) is 1.01. The predicted octanol–water partition coefficient (Wildman–Crippen LogP) is 0.856. The average molecular weight is 293 g/mol. The van der Waals surface area contributed by atoms with Gasteiger partial charge in [-0.15, -0.1) is 10.2 Å². The third-order valence-electron chi connectivity index (χ3n) is 3.30. The van der Waals surface area contributed by atoms with Gasteiger partial charge in [-0.1, -0.05) is 12.1 Å². The number of benzene rings is 1. The lowest BCUT2D eigenvalue weighted by Crippen LogP contribution is -2.34. The number of hydrogen-bond donors (Lipinski definition) is 2. The van der Waals surface area contributed by atoms with Crippen LogP contribution in [0, 0.1) is 0 Å². The Bertz CT molecular complexity index is 684. The number of H-pyrrole nitrogens is 1. The molecule has 0 radical (unpaired) electrons. The standard InChI is InChI=1S/C12H15N5O2S/c18-20(19)6-2-5-11(8-20)13-10-4-1-3-9(7-10)12-14-16-17-15-12/h1,3-4,7,11,13H,2,5-6,8H2,(H,14,15,16,17). The van der Waals surface area contributed by atoms with Gasteiger partial charge in [-0.3, -0.25) is 0 Å². The van der Waals surface area contributed by atoms with Crippen molar-refractivity contribution in [1.29, 1.82) is 0 Å². The van der Waals surface area contributed by atoms with Crippen molar-refractivity contribution in [3.8, 4) is 11.4 Å². The van der Waals surface area contributed by atoms with Gasteiger partial charge in [0.2, 0.25) is 5.82 Å². The minimum Gasteiger partial charge on any atom is -0.381 e. The van der Waals surface area contributed by atoms with Gasteiger partial charge in [0, 0.05) is 17.3 Å². The third kappa shape index (κ3) is 2.96. The second kappa shape index (κ2) is 5.20. The van der Waals surface area contributed by atoms with Crippen molar-refractivity contribution in [2.75, 3.05) is 16.8 Å². The molecule has 2 aromatic rings. The summed E-state index contributed by atoms with van der Waals surface area (Å²) in [5, 5.41) is 17.1. The molecule has 1 aliphatic rings. The van der Waals surface area contributed by atoms with Crippen LogP contribution < -0.4 is 5.32 Å². The van der Waals surface area contributed by atoms with Crippen molar-refractivity contribution in [3.63, 3.8) is 0 Å². The lowest BCUT2D eigenvalue weighted by molar-refractivity contribution is 0.562. The molecule has 0 saturated carbocycles. The highest BCUT2D eigenvalue weighted by Gasteiger charge is 2.24. The SMILES string of the molecule is O=S1(=O)CCCC(Nc2cccc(-c3nn[nH]n3)c2)C1. The zero-order valence-corrected chi connectivity index (χ0v) is 11.6. The summed E-state index contributed by atoms with van der Waals surface area (Å²) < 4.78 is 23.3. The van der Waals surface area contributed by atoms with Gasteiger partial charge in [-0.2, -0.15) is 5.21 Å². The van der Waals surface area contributed by atoms with Gasteiger partial charge < -0.3 is 5.32 Å². The summed E-state index contributed by atoms with van der Waals surface area (Å²) in [6.07, 6.45) is 1.58. The number of anilines is 1. The number of nitrogens with zero attached hydrogens (tertiary/aromatic N) is 3. The number of rotatable bonds is 3. The van der Waals surface area contributed by atoms with Crippen molar-refractivity contribution in [3.05, 3.63) is 24.3 Å². The van der Waals surface area contributed by atoms with Crippen LogP contribution in [0.3, 0.4) is 0 Å². The van der Waals surface area contributed by atoms with Crippen molar-refractivity contribution in [2.24, 2.45) is 0 Å². The van der Waals surface area contributed by atoms with Crippen LogP contribution in [-0.2, 0) is 9.84 Å². The van der Waals surface area contributed by atoms with Crippen molar-refractivity contribution < 1.29 is 8.42 Å². The van der Waals surface area contributed by atoms with Crippen molar-refractivity contribution >= 4 is 15.5 Å². The van der Waals surface area contributed by atoms with Crippen LogP contribution in [0.1, 0.15) is 12.8 Å². The van der Waals surface area contributed by atoms with E-state index < -0.39 is 9.84 Å². The van der Waals surface area contributed by atoms with Crippen LogP contribution in [0.15, 0.2) is 24.3 Å². The zero-order chi connectivity index (χ0) is 14.0. The molecule has 1 unspecified atom stereocenters. The fourth-order valence-electron chi connectivity index (χ4n) is 2.40. The molecule has 1 aromatic carbocycles. The molecule has 20 heavy (non-hydrogen) atoms. The molecule has 1 saturated heterocycles. The molecular formula is C12H15N5O2S. The van der Waals surface area contributed by atoms with E-state index in [0.29, 0.717) is 18.0 Å². The average Bonchev–Trinajstić information content (AvgIpc) is 2.91. The molecule has 1 aliphatic heterocycles. The minimum atomic E-state index is -2.91. The molecule has 1 fully saturated rings. The fraction of sp³-hybridized carbons (Fsp3) is 0.417. The Morgan fingerprint density at radius 2 is 2.25 bits per heavy atom. The highest BCUT2D eigenvalue weighted by Crippen LogP contribution is 2.21.